The van der Waals surface area contributed by atoms with Gasteiger partial charge in [0.2, 0.25) is 0 Å². The molecule has 4 nitrogen and oxygen atoms in total. The van der Waals surface area contributed by atoms with Gasteiger partial charge in [-0.2, -0.15) is 5.10 Å². The second-order valence-corrected chi connectivity index (χ2v) is 6.55. The Bertz CT molecular complexity index is 955. The normalized spacial score (nSPS) is 10.7. The number of aromatic nitrogens is 4. The molecule has 119 valence electrons. The summed E-state index contributed by atoms with van der Waals surface area (Å²) in [6.07, 6.45) is 3.72. The summed E-state index contributed by atoms with van der Waals surface area (Å²) in [5.74, 6) is 0.809. The van der Waals surface area contributed by atoms with Gasteiger partial charge in [0, 0.05) is 23.2 Å². The number of fused-ring (bicyclic) bond motifs is 3. The number of nitrogens with zero attached hydrogens (tertiary/aromatic N) is 4. The molecule has 0 fully saturated rings. The van der Waals surface area contributed by atoms with E-state index in [0.29, 0.717) is 12.9 Å². The van der Waals surface area contributed by atoms with Crippen LogP contribution in [0.5, 0.6) is 0 Å². The van der Waals surface area contributed by atoms with Crippen molar-refractivity contribution in [1.82, 2.24) is 19.7 Å². The molecule has 7 heteroatoms. The first-order valence-electron chi connectivity index (χ1n) is 6.74. The first-order valence-corrected chi connectivity index (χ1v) is 9.60. The number of benzene rings is 1. The third kappa shape index (κ3) is 3.48. The van der Waals surface area contributed by atoms with Crippen LogP contribution in [0.1, 0.15) is 5.69 Å². The zero-order valence-corrected chi connectivity index (χ0v) is 14.6. The molecule has 0 aliphatic heterocycles. The zero-order valence-electron chi connectivity index (χ0n) is 12.1. The van der Waals surface area contributed by atoms with Crippen LogP contribution in [0.3, 0.4) is 0 Å². The first kappa shape index (κ1) is 16.2. The fraction of sp³-hybridized carbons (Fsp3) is 0.0625. The van der Waals surface area contributed by atoms with Gasteiger partial charge >= 0.3 is 33.2 Å². The Balaban J connectivity index is 0.000000485. The fourth-order valence-corrected chi connectivity index (χ4v) is 2.38. The van der Waals surface area contributed by atoms with Crippen LogP contribution in [0.15, 0.2) is 54.9 Å². The third-order valence-corrected chi connectivity index (χ3v) is 3.37. The minimum atomic E-state index is 0.382. The summed E-state index contributed by atoms with van der Waals surface area (Å²) >= 11 is 0.382. The average Bonchev–Trinajstić information content (AvgIpc) is 3.01. The molecule has 0 radical (unpaired) electrons. The second-order valence-electron chi connectivity index (χ2n) is 4.83. The molecule has 0 spiro atoms. The molecule has 1 aromatic carbocycles. The molecule has 0 saturated carbocycles. The van der Waals surface area contributed by atoms with E-state index in [2.05, 4.69) is 28.3 Å². The molecular weight excluding hydrogens is 378 g/mol. The van der Waals surface area contributed by atoms with Crippen LogP contribution in [0.2, 0.25) is 0 Å². The van der Waals surface area contributed by atoms with E-state index in [1.807, 2.05) is 37.4 Å². The fourth-order valence-electron chi connectivity index (χ4n) is 2.38. The van der Waals surface area contributed by atoms with Crippen LogP contribution in [0, 0.1) is 6.92 Å². The zero-order chi connectivity index (χ0) is 16.2. The van der Waals surface area contributed by atoms with E-state index in [0.717, 1.165) is 33.3 Å². The Morgan fingerprint density at radius 1 is 0.957 bits per heavy atom. The molecule has 23 heavy (non-hydrogen) atoms. The van der Waals surface area contributed by atoms with Gasteiger partial charge in [-0.15, -0.1) is 0 Å². The van der Waals surface area contributed by atoms with Gasteiger partial charge in [0.25, 0.3) is 0 Å². The molecule has 0 aliphatic rings. The van der Waals surface area contributed by atoms with Crippen LogP contribution in [0.4, 0.5) is 0 Å². The van der Waals surface area contributed by atoms with Gasteiger partial charge in [-0.3, -0.25) is 4.98 Å². The molecule has 0 unspecified atom stereocenters. The van der Waals surface area contributed by atoms with Gasteiger partial charge in [-0.1, -0.05) is 18.2 Å². The summed E-state index contributed by atoms with van der Waals surface area (Å²) in [6.45, 7) is 1.97. The number of pyridine rings is 2. The van der Waals surface area contributed by atoms with Gasteiger partial charge in [0.1, 0.15) is 0 Å². The summed E-state index contributed by atoms with van der Waals surface area (Å²) in [4.78, 5) is 9.18. The average molecular weight is 390 g/mol. The van der Waals surface area contributed by atoms with Crippen LogP contribution in [-0.4, -0.2) is 19.7 Å². The minimum absolute atomic E-state index is 0.382. The van der Waals surface area contributed by atoms with Crippen molar-refractivity contribution in [2.75, 3.05) is 0 Å². The molecule has 0 saturated heterocycles. The van der Waals surface area contributed by atoms with Gasteiger partial charge in [-0.25, -0.2) is 9.67 Å². The molecule has 3 heterocycles. The molecule has 0 N–H and O–H groups in total. The SMILES string of the molecule is Cc1ccn(-c2ccc3ccc4cccnc4c3n2)n1.[Cl][Co][Cl]. The van der Waals surface area contributed by atoms with Crippen LogP contribution < -0.4 is 0 Å². The van der Waals surface area contributed by atoms with E-state index in [9.17, 15) is 0 Å². The van der Waals surface area contributed by atoms with E-state index < -0.39 is 0 Å². The van der Waals surface area contributed by atoms with Crippen molar-refractivity contribution in [1.29, 1.82) is 0 Å². The van der Waals surface area contributed by atoms with Crippen molar-refractivity contribution in [2.45, 2.75) is 6.92 Å². The molecule has 3 aromatic heterocycles. The van der Waals surface area contributed by atoms with Crippen molar-refractivity contribution >= 4 is 42.1 Å². The number of hydrogen-bond donors (Lipinski definition) is 0. The summed E-state index contributed by atoms with van der Waals surface area (Å²) in [7, 11) is 9.47. The second kappa shape index (κ2) is 7.27. The Morgan fingerprint density at radius 3 is 2.35 bits per heavy atom. The van der Waals surface area contributed by atoms with Crippen molar-refractivity contribution in [3.63, 3.8) is 0 Å². The molecule has 0 bridgehead atoms. The van der Waals surface area contributed by atoms with Crippen LogP contribution in [-0.2, 0) is 12.9 Å². The predicted octanol–water partition coefficient (Wildman–Crippen LogP) is 4.65. The topological polar surface area (TPSA) is 43.6 Å². The first-order chi connectivity index (χ1) is 11.2. The monoisotopic (exact) mass is 389 g/mol. The van der Waals surface area contributed by atoms with E-state index in [4.69, 9.17) is 25.3 Å². The number of aryl methyl sites for hydroxylation is 1. The molecule has 0 aliphatic carbocycles. The molecule has 4 rings (SSSR count). The summed E-state index contributed by atoms with van der Waals surface area (Å²) in [6, 6.07) is 14.1. The number of halogens is 2. The van der Waals surface area contributed by atoms with Gasteiger partial charge < -0.3 is 0 Å². The van der Waals surface area contributed by atoms with Crippen molar-refractivity contribution < 1.29 is 12.9 Å². The van der Waals surface area contributed by atoms with Crippen LogP contribution in [0.25, 0.3) is 27.6 Å². The quantitative estimate of drug-likeness (QED) is 0.445. The molecule has 0 atom stereocenters. The van der Waals surface area contributed by atoms with Crippen LogP contribution >= 0.6 is 20.3 Å². The summed E-state index contributed by atoms with van der Waals surface area (Å²) in [5.41, 5.74) is 2.81. The molecule has 4 aromatic rings. The predicted molar refractivity (Wildman–Crippen MR) is 90.6 cm³/mol. The Morgan fingerprint density at radius 2 is 1.65 bits per heavy atom. The van der Waals surface area contributed by atoms with E-state index >= 15 is 0 Å². The Kier molecular flexibility index (Phi) is 5.12. The van der Waals surface area contributed by atoms with E-state index in [1.54, 1.807) is 10.9 Å². The van der Waals surface area contributed by atoms with E-state index in [1.165, 1.54) is 0 Å². The third-order valence-electron chi connectivity index (χ3n) is 3.37. The Hall–Kier alpha value is -1.66. The summed E-state index contributed by atoms with van der Waals surface area (Å²) < 4.78 is 1.79. The van der Waals surface area contributed by atoms with Crippen molar-refractivity contribution in [3.05, 3.63) is 60.6 Å². The standard InChI is InChI=1S/C16H12N4.2ClH.Co/c1-11-8-10-20(19-11)14-7-6-13-5-4-12-3-2-9-17-15(12)16(13)18-14;;;/h2-10H,1H3;2*1H;/q;;;+2/p-2. The molecule has 0 amide bonds. The molecular formula is C16H12Cl2CoN4. The van der Waals surface area contributed by atoms with Gasteiger partial charge in [0.15, 0.2) is 5.82 Å². The maximum absolute atomic E-state index is 4.73. The van der Waals surface area contributed by atoms with Crippen molar-refractivity contribution in [2.24, 2.45) is 0 Å². The van der Waals surface area contributed by atoms with Gasteiger partial charge in [-0.05, 0) is 31.2 Å². The van der Waals surface area contributed by atoms with Gasteiger partial charge in [0.05, 0.1) is 16.7 Å². The maximum atomic E-state index is 4.73. The number of rotatable bonds is 1. The number of hydrogen-bond acceptors (Lipinski definition) is 3. The Labute approximate surface area is 147 Å². The van der Waals surface area contributed by atoms with E-state index in [-0.39, 0.29) is 0 Å². The summed E-state index contributed by atoms with van der Waals surface area (Å²) in [5, 5.41) is 6.59. The van der Waals surface area contributed by atoms with Crippen molar-refractivity contribution in [3.8, 4) is 5.82 Å².